The van der Waals surface area contributed by atoms with Crippen LogP contribution in [0.15, 0.2) is 48.5 Å². The van der Waals surface area contributed by atoms with Crippen LogP contribution in [0.25, 0.3) is 20.9 Å². The molecule has 0 bridgehead atoms. The van der Waals surface area contributed by atoms with Gasteiger partial charge in [0, 0.05) is 19.5 Å². The van der Waals surface area contributed by atoms with Crippen molar-refractivity contribution in [3.05, 3.63) is 58.3 Å². The largest absolute Gasteiger partial charge is 0.140 e. The summed E-state index contributed by atoms with van der Waals surface area (Å²) in [5.74, 6) is 0. The second-order valence-corrected chi connectivity index (χ2v) is 7.95. The zero-order valence-corrected chi connectivity index (χ0v) is 14.9. The molecule has 0 nitrogen and oxygen atoms in total. The third-order valence-corrected chi connectivity index (χ3v) is 6.16. The highest BCUT2D eigenvalue weighted by Crippen LogP contribution is 2.33. The quantitative estimate of drug-likeness (QED) is 0.455. The molecular weight excluding hydrogens is 304 g/mol. The molecule has 1 aromatic carbocycles. The van der Waals surface area contributed by atoms with Crippen molar-refractivity contribution >= 4 is 22.7 Å². The second kappa shape index (κ2) is 7.26. The van der Waals surface area contributed by atoms with Crippen molar-refractivity contribution in [1.82, 2.24) is 0 Å². The van der Waals surface area contributed by atoms with Crippen LogP contribution in [0.1, 0.15) is 36.4 Å². The minimum absolute atomic E-state index is 1.19. The van der Waals surface area contributed by atoms with Gasteiger partial charge in [0.15, 0.2) is 0 Å². The zero-order chi connectivity index (χ0) is 15.4. The summed E-state index contributed by atoms with van der Waals surface area (Å²) >= 11 is 3.85. The van der Waals surface area contributed by atoms with Crippen LogP contribution in [0, 0.1) is 0 Å². The molecule has 0 amide bonds. The molecule has 0 radical (unpaired) electrons. The first kappa shape index (κ1) is 15.5. The monoisotopic (exact) mass is 326 g/mol. The van der Waals surface area contributed by atoms with Crippen LogP contribution in [0.4, 0.5) is 0 Å². The van der Waals surface area contributed by atoms with Gasteiger partial charge in [-0.1, -0.05) is 51.0 Å². The molecule has 114 valence electrons. The lowest BCUT2D eigenvalue weighted by molar-refractivity contribution is 0.940. The lowest BCUT2D eigenvalue weighted by Crippen LogP contribution is -1.75. The van der Waals surface area contributed by atoms with Gasteiger partial charge in [0.05, 0.1) is 0 Å². The molecule has 0 aliphatic carbocycles. The molecular formula is C20H22S2. The van der Waals surface area contributed by atoms with E-state index in [1.54, 1.807) is 0 Å². The van der Waals surface area contributed by atoms with Crippen LogP contribution in [0.3, 0.4) is 0 Å². The summed E-state index contributed by atoms with van der Waals surface area (Å²) in [6, 6.07) is 18.1. The molecule has 2 heterocycles. The summed E-state index contributed by atoms with van der Waals surface area (Å²) in [6.07, 6.45) is 4.82. The Bertz CT molecular complexity index is 653. The fourth-order valence-electron chi connectivity index (χ4n) is 2.63. The number of thiophene rings is 2. The van der Waals surface area contributed by atoms with Gasteiger partial charge in [-0.3, -0.25) is 0 Å². The van der Waals surface area contributed by atoms with Crippen LogP contribution in [-0.2, 0) is 12.8 Å². The van der Waals surface area contributed by atoms with Crippen molar-refractivity contribution in [2.75, 3.05) is 0 Å². The average molecular weight is 327 g/mol. The minimum atomic E-state index is 1.19. The molecule has 22 heavy (non-hydrogen) atoms. The summed E-state index contributed by atoms with van der Waals surface area (Å²) in [7, 11) is 0. The van der Waals surface area contributed by atoms with Crippen LogP contribution in [0.2, 0.25) is 0 Å². The number of aryl methyl sites for hydroxylation is 2. The highest BCUT2D eigenvalue weighted by Gasteiger charge is 2.05. The van der Waals surface area contributed by atoms with Crippen molar-refractivity contribution in [3.63, 3.8) is 0 Å². The molecule has 0 spiro atoms. The first-order valence-electron chi connectivity index (χ1n) is 8.08. The maximum Gasteiger partial charge on any atom is 0.0345 e. The molecule has 2 aromatic heterocycles. The first-order chi connectivity index (χ1) is 10.8. The molecule has 0 unspecified atom stereocenters. The van der Waals surface area contributed by atoms with E-state index in [4.69, 9.17) is 0 Å². The molecule has 2 heteroatoms. The van der Waals surface area contributed by atoms with E-state index in [1.807, 2.05) is 22.7 Å². The highest BCUT2D eigenvalue weighted by atomic mass is 32.1. The maximum absolute atomic E-state index is 2.27. The smallest absolute Gasteiger partial charge is 0.0345 e. The number of hydrogen-bond acceptors (Lipinski definition) is 2. The average Bonchev–Trinajstić information content (AvgIpc) is 3.18. The third kappa shape index (κ3) is 3.50. The number of hydrogen-bond donors (Lipinski definition) is 0. The van der Waals surface area contributed by atoms with Crippen molar-refractivity contribution in [2.45, 2.75) is 39.5 Å². The molecule has 0 aliphatic heterocycles. The van der Waals surface area contributed by atoms with Crippen LogP contribution in [0.5, 0.6) is 0 Å². The molecule has 0 aliphatic rings. The summed E-state index contributed by atoms with van der Waals surface area (Å²) in [5, 5.41) is 0. The Labute approximate surface area is 141 Å². The number of benzene rings is 1. The molecule has 0 saturated carbocycles. The van der Waals surface area contributed by atoms with Gasteiger partial charge in [0.2, 0.25) is 0 Å². The van der Waals surface area contributed by atoms with E-state index < -0.39 is 0 Å². The maximum atomic E-state index is 2.27. The van der Waals surface area contributed by atoms with E-state index >= 15 is 0 Å². The van der Waals surface area contributed by atoms with Crippen LogP contribution < -0.4 is 0 Å². The molecule has 0 saturated heterocycles. The van der Waals surface area contributed by atoms with E-state index in [-0.39, 0.29) is 0 Å². The molecule has 3 aromatic rings. The molecule has 0 N–H and O–H groups in total. The Morgan fingerprint density at radius 1 is 0.591 bits per heavy atom. The first-order valence-corrected chi connectivity index (χ1v) is 9.71. The van der Waals surface area contributed by atoms with E-state index in [1.165, 1.54) is 56.3 Å². The summed E-state index contributed by atoms with van der Waals surface area (Å²) < 4.78 is 0. The van der Waals surface area contributed by atoms with E-state index in [0.717, 1.165) is 0 Å². The van der Waals surface area contributed by atoms with E-state index in [0.29, 0.717) is 0 Å². The lowest BCUT2D eigenvalue weighted by Gasteiger charge is -2.01. The van der Waals surface area contributed by atoms with Crippen molar-refractivity contribution in [2.24, 2.45) is 0 Å². The second-order valence-electron chi connectivity index (χ2n) is 5.61. The predicted octanol–water partition coefficient (Wildman–Crippen LogP) is 7.05. The standard InChI is InChI=1S/C20H22S2/c1-3-5-17-11-13-19(21-17)15-7-9-16(10-8-15)20-14-12-18(22-20)6-4-2/h7-14H,3-6H2,1-2H3. The van der Waals surface area contributed by atoms with Gasteiger partial charge in [-0.05, 0) is 48.2 Å². The molecule has 0 fully saturated rings. The van der Waals surface area contributed by atoms with Crippen LogP contribution >= 0.6 is 22.7 Å². The van der Waals surface area contributed by atoms with E-state index in [9.17, 15) is 0 Å². The summed E-state index contributed by atoms with van der Waals surface area (Å²) in [6.45, 7) is 4.48. The number of rotatable bonds is 6. The van der Waals surface area contributed by atoms with Crippen LogP contribution in [-0.4, -0.2) is 0 Å². The van der Waals surface area contributed by atoms with Gasteiger partial charge in [0.1, 0.15) is 0 Å². The fourth-order valence-corrected chi connectivity index (χ4v) is 4.86. The van der Waals surface area contributed by atoms with Gasteiger partial charge in [-0.2, -0.15) is 0 Å². The predicted molar refractivity (Wildman–Crippen MR) is 101 cm³/mol. The van der Waals surface area contributed by atoms with E-state index in [2.05, 4.69) is 62.4 Å². The fraction of sp³-hybridized carbons (Fsp3) is 0.300. The van der Waals surface area contributed by atoms with Crippen molar-refractivity contribution in [3.8, 4) is 20.9 Å². The summed E-state index contributed by atoms with van der Waals surface area (Å²) in [5.41, 5.74) is 2.67. The van der Waals surface area contributed by atoms with Gasteiger partial charge in [-0.15, -0.1) is 22.7 Å². The minimum Gasteiger partial charge on any atom is -0.140 e. The Balaban J connectivity index is 1.79. The molecule has 0 atom stereocenters. The van der Waals surface area contributed by atoms with Crippen molar-refractivity contribution < 1.29 is 0 Å². The van der Waals surface area contributed by atoms with Gasteiger partial charge >= 0.3 is 0 Å². The molecule has 3 rings (SSSR count). The Kier molecular flexibility index (Phi) is 5.12. The normalized spacial score (nSPS) is 11.0. The Morgan fingerprint density at radius 3 is 1.36 bits per heavy atom. The highest BCUT2D eigenvalue weighted by molar-refractivity contribution is 7.15. The SMILES string of the molecule is CCCc1ccc(-c2ccc(-c3ccc(CCC)s3)cc2)s1. The zero-order valence-electron chi connectivity index (χ0n) is 13.3. The van der Waals surface area contributed by atoms with Gasteiger partial charge in [-0.25, -0.2) is 0 Å². The van der Waals surface area contributed by atoms with Gasteiger partial charge < -0.3 is 0 Å². The lowest BCUT2D eigenvalue weighted by atomic mass is 10.1. The Morgan fingerprint density at radius 2 is 1.00 bits per heavy atom. The van der Waals surface area contributed by atoms with Gasteiger partial charge in [0.25, 0.3) is 0 Å². The topological polar surface area (TPSA) is 0 Å². The van der Waals surface area contributed by atoms with Crippen molar-refractivity contribution in [1.29, 1.82) is 0 Å². The Hall–Kier alpha value is -1.38. The third-order valence-electron chi connectivity index (χ3n) is 3.77. The summed E-state index contributed by atoms with van der Waals surface area (Å²) in [4.78, 5) is 5.74.